The molecule has 3 unspecified atom stereocenters. The fourth-order valence-electron chi connectivity index (χ4n) is 8.54. The van der Waals surface area contributed by atoms with Gasteiger partial charge in [0.05, 0.1) is 18.8 Å². The fourth-order valence-corrected chi connectivity index (χ4v) is 9.51. The molecule has 11 atom stereocenters. The molecule has 0 bridgehead atoms. The molecule has 0 aromatic heterocycles. The first kappa shape index (κ1) is 60.3. The highest BCUT2D eigenvalue weighted by Gasteiger charge is 2.51. The van der Waals surface area contributed by atoms with Gasteiger partial charge in [0.15, 0.2) is 0 Å². The minimum Gasteiger partial charge on any atom is -0.390 e. The standard InChI is InChI=1S/C48H96NO13P/c1-3-5-7-9-11-13-15-17-18-19-20-21-22-23-24-26-28-30-32-34-36-40(51)48(58)49-38(37-61-63(59,60)62-47-45(56)43(54)42(53)44(55)46(47)57)41(52)39(50)35-33-31-29-27-25-16-14-12-10-8-6-4-2/h38-47,50-57H,3-37H2,1-2H3,(H,49,58)(H,59,60)/t38-,39+,40-,41-,42?,43-,44+,45+,46+,47?/m0/s1. The number of carbonyl (C=O) groups excluding carboxylic acids is 1. The summed E-state index contributed by atoms with van der Waals surface area (Å²) in [6.07, 6.45) is 21.8. The largest absolute Gasteiger partial charge is 0.472 e. The molecule has 0 aliphatic heterocycles. The Morgan fingerprint density at radius 3 is 1.14 bits per heavy atom. The number of hydrogen-bond donors (Lipinski definition) is 10. The molecule has 0 aromatic rings. The zero-order valence-corrected chi connectivity index (χ0v) is 40.5. The number of phosphoric ester groups is 1. The quantitative estimate of drug-likeness (QED) is 0.0205. The third-order valence-corrected chi connectivity index (χ3v) is 13.9. The molecule has 0 aromatic carbocycles. The monoisotopic (exact) mass is 926 g/mol. The van der Waals surface area contributed by atoms with Crippen molar-refractivity contribution in [3.05, 3.63) is 0 Å². The van der Waals surface area contributed by atoms with Gasteiger partial charge in [-0.05, 0) is 12.8 Å². The molecule has 14 nitrogen and oxygen atoms in total. The van der Waals surface area contributed by atoms with Crippen LogP contribution < -0.4 is 5.32 Å². The van der Waals surface area contributed by atoms with Gasteiger partial charge < -0.3 is 51.1 Å². The van der Waals surface area contributed by atoms with E-state index in [0.717, 1.165) is 51.4 Å². The first-order valence-electron chi connectivity index (χ1n) is 25.7. The summed E-state index contributed by atoms with van der Waals surface area (Å²) >= 11 is 0. The van der Waals surface area contributed by atoms with Crippen LogP contribution in [-0.2, 0) is 18.4 Å². The number of nitrogens with one attached hydrogen (secondary N) is 1. The number of amides is 1. The van der Waals surface area contributed by atoms with Crippen LogP contribution >= 0.6 is 7.82 Å². The molecule has 10 N–H and O–H groups in total. The van der Waals surface area contributed by atoms with Gasteiger partial charge >= 0.3 is 7.82 Å². The molecule has 1 amide bonds. The summed E-state index contributed by atoms with van der Waals surface area (Å²) in [5.41, 5.74) is 0. The Bertz CT molecular complexity index is 1110. The van der Waals surface area contributed by atoms with Crippen LogP contribution in [0.15, 0.2) is 0 Å². The highest BCUT2D eigenvalue weighted by molar-refractivity contribution is 7.47. The molecule has 15 heteroatoms. The van der Waals surface area contributed by atoms with Crippen LogP contribution in [0.25, 0.3) is 0 Å². The van der Waals surface area contributed by atoms with Gasteiger partial charge in [0.1, 0.15) is 48.8 Å². The summed E-state index contributed by atoms with van der Waals surface area (Å²) in [6.45, 7) is 3.59. The van der Waals surface area contributed by atoms with Gasteiger partial charge in [-0.15, -0.1) is 0 Å². The lowest BCUT2D eigenvalue weighted by Gasteiger charge is -2.41. The van der Waals surface area contributed by atoms with E-state index in [-0.39, 0.29) is 12.8 Å². The van der Waals surface area contributed by atoms with E-state index in [1.54, 1.807) is 0 Å². The maximum absolute atomic E-state index is 13.1. The first-order valence-corrected chi connectivity index (χ1v) is 27.2. The number of rotatable bonds is 43. The summed E-state index contributed by atoms with van der Waals surface area (Å²) in [4.78, 5) is 23.6. The highest BCUT2D eigenvalue weighted by atomic mass is 31.2. The maximum Gasteiger partial charge on any atom is 0.472 e. The molecule has 0 spiro atoms. The Morgan fingerprint density at radius 2 is 0.794 bits per heavy atom. The Hall–Kier alpha value is -0.740. The van der Waals surface area contributed by atoms with Gasteiger partial charge in [-0.1, -0.05) is 219 Å². The summed E-state index contributed by atoms with van der Waals surface area (Å²) in [5.74, 6) is -0.856. The Morgan fingerprint density at radius 1 is 0.492 bits per heavy atom. The van der Waals surface area contributed by atoms with Crippen LogP contribution in [0.4, 0.5) is 0 Å². The van der Waals surface area contributed by atoms with Crippen molar-refractivity contribution >= 4 is 13.7 Å². The van der Waals surface area contributed by atoms with Crippen molar-refractivity contribution in [3.63, 3.8) is 0 Å². The molecule has 1 aliphatic rings. The van der Waals surface area contributed by atoms with Crippen LogP contribution in [-0.4, -0.2) is 119 Å². The summed E-state index contributed by atoms with van der Waals surface area (Å²) in [6, 6.07) is -1.47. The maximum atomic E-state index is 13.1. The fraction of sp³-hybridized carbons (Fsp3) is 0.979. The zero-order chi connectivity index (χ0) is 46.7. The van der Waals surface area contributed by atoms with Gasteiger partial charge in [0, 0.05) is 0 Å². The zero-order valence-electron chi connectivity index (χ0n) is 39.6. The third-order valence-electron chi connectivity index (χ3n) is 12.9. The number of hydrogen-bond acceptors (Lipinski definition) is 12. The van der Waals surface area contributed by atoms with E-state index >= 15 is 0 Å². The normalized spacial score (nSPS) is 23.3. The molecular formula is C48H96NO13P. The van der Waals surface area contributed by atoms with Crippen LogP contribution in [0.3, 0.4) is 0 Å². The number of aliphatic hydroxyl groups excluding tert-OH is 8. The second-order valence-corrected chi connectivity index (χ2v) is 20.1. The van der Waals surface area contributed by atoms with Crippen LogP contribution in [0.5, 0.6) is 0 Å². The number of aliphatic hydroxyl groups is 8. The van der Waals surface area contributed by atoms with Crippen LogP contribution in [0.1, 0.15) is 232 Å². The van der Waals surface area contributed by atoms with Gasteiger partial charge in [-0.2, -0.15) is 0 Å². The predicted octanol–water partition coefficient (Wildman–Crippen LogP) is 8.18. The van der Waals surface area contributed by atoms with Gasteiger partial charge in [0.25, 0.3) is 0 Å². The Balaban J connectivity index is 2.49. The minimum atomic E-state index is -5.23. The number of phosphoric acid groups is 1. The average molecular weight is 926 g/mol. The lowest BCUT2D eigenvalue weighted by molar-refractivity contribution is -0.220. The smallest absolute Gasteiger partial charge is 0.390 e. The molecule has 1 saturated carbocycles. The van der Waals surface area contributed by atoms with E-state index in [9.17, 15) is 55.1 Å². The lowest BCUT2D eigenvalue weighted by atomic mass is 9.85. The molecule has 1 aliphatic carbocycles. The van der Waals surface area contributed by atoms with Crippen molar-refractivity contribution < 1.29 is 64.2 Å². The molecule has 376 valence electrons. The lowest BCUT2D eigenvalue weighted by Crippen LogP contribution is -2.64. The summed E-state index contributed by atoms with van der Waals surface area (Å²) in [5, 5.41) is 85.5. The van der Waals surface area contributed by atoms with E-state index in [1.165, 1.54) is 141 Å². The first-order chi connectivity index (χ1) is 30.3. The van der Waals surface area contributed by atoms with Crippen LogP contribution in [0, 0.1) is 0 Å². The van der Waals surface area contributed by atoms with Crippen molar-refractivity contribution in [1.29, 1.82) is 0 Å². The van der Waals surface area contributed by atoms with Crippen LogP contribution in [0.2, 0.25) is 0 Å². The van der Waals surface area contributed by atoms with Crippen molar-refractivity contribution in [2.75, 3.05) is 6.61 Å². The van der Waals surface area contributed by atoms with E-state index in [2.05, 4.69) is 19.2 Å². The number of carbonyl (C=O) groups is 1. The highest BCUT2D eigenvalue weighted by Crippen LogP contribution is 2.47. The Kier molecular flexibility index (Phi) is 36.6. The average Bonchev–Trinajstić information content (AvgIpc) is 3.27. The van der Waals surface area contributed by atoms with Crippen molar-refractivity contribution in [1.82, 2.24) is 5.32 Å². The van der Waals surface area contributed by atoms with E-state index in [4.69, 9.17) is 9.05 Å². The van der Waals surface area contributed by atoms with Gasteiger partial charge in [0.2, 0.25) is 5.91 Å². The molecule has 1 rings (SSSR count). The summed E-state index contributed by atoms with van der Waals surface area (Å²) < 4.78 is 22.9. The van der Waals surface area contributed by atoms with E-state index < -0.39 is 81.3 Å². The van der Waals surface area contributed by atoms with Crippen molar-refractivity contribution in [2.45, 2.75) is 293 Å². The topological polar surface area (TPSA) is 247 Å². The second kappa shape index (κ2) is 38.3. The van der Waals surface area contributed by atoms with E-state index in [0.29, 0.717) is 12.8 Å². The third kappa shape index (κ3) is 28.9. The van der Waals surface area contributed by atoms with Gasteiger partial charge in [-0.25, -0.2) is 4.57 Å². The molecule has 0 radical (unpaired) electrons. The molecule has 1 fully saturated rings. The van der Waals surface area contributed by atoms with E-state index in [1.807, 2.05) is 0 Å². The van der Waals surface area contributed by atoms with Crippen molar-refractivity contribution in [2.24, 2.45) is 0 Å². The molecule has 63 heavy (non-hydrogen) atoms. The second-order valence-electron chi connectivity index (χ2n) is 18.7. The summed E-state index contributed by atoms with van der Waals surface area (Å²) in [7, 11) is -5.23. The number of unbranched alkanes of at least 4 members (excludes halogenated alkanes) is 30. The predicted molar refractivity (Wildman–Crippen MR) is 249 cm³/mol. The molecule has 0 heterocycles. The molecule has 0 saturated heterocycles. The molecular weight excluding hydrogens is 829 g/mol. The SMILES string of the molecule is CCCCCCCCCCCCCCCCCCCCCC[C@H](O)C(=O)N[C@@H](COP(=O)(O)OC1[C@H](O)[C@H](O)C(O)[C@H](O)[C@H]1O)[C@H](O)[C@H](O)CCCCCCCCCCCCCC. The van der Waals surface area contributed by atoms with Crippen molar-refractivity contribution in [3.8, 4) is 0 Å². The Labute approximate surface area is 382 Å². The minimum absolute atomic E-state index is 0.158. The van der Waals surface area contributed by atoms with Gasteiger partial charge in [-0.3, -0.25) is 13.8 Å².